The lowest BCUT2D eigenvalue weighted by Crippen LogP contribution is -2.25. The lowest BCUT2D eigenvalue weighted by Gasteiger charge is -2.07. The maximum atomic E-state index is 12.3. The third kappa shape index (κ3) is 5.16. The Kier molecular flexibility index (Phi) is 6.00. The van der Waals surface area contributed by atoms with Gasteiger partial charge in [0.05, 0.1) is 5.71 Å². The summed E-state index contributed by atoms with van der Waals surface area (Å²) in [5.41, 5.74) is 4.11. The van der Waals surface area contributed by atoms with Crippen LogP contribution in [0.1, 0.15) is 12.5 Å². The Morgan fingerprint density at radius 3 is 2.75 bits per heavy atom. The van der Waals surface area contributed by atoms with E-state index in [1.807, 2.05) is 30.3 Å². The second kappa shape index (κ2) is 8.80. The van der Waals surface area contributed by atoms with Crippen molar-refractivity contribution in [1.29, 1.82) is 0 Å². The molecule has 0 aliphatic heterocycles. The van der Waals surface area contributed by atoms with Gasteiger partial charge < -0.3 is 4.74 Å². The minimum Gasteiger partial charge on any atom is -0.435 e. The largest absolute Gasteiger partial charge is 0.435 e. The van der Waals surface area contributed by atoms with Gasteiger partial charge in [-0.25, -0.2) is 5.43 Å². The van der Waals surface area contributed by atoms with Crippen molar-refractivity contribution >= 4 is 11.6 Å². The fourth-order valence-electron chi connectivity index (χ4n) is 2.28. The number of aromatic nitrogens is 4. The lowest BCUT2D eigenvalue weighted by atomic mass is 10.1. The number of tetrazole rings is 1. The van der Waals surface area contributed by atoms with Crippen LogP contribution in [0.15, 0.2) is 59.7 Å². The SMILES string of the molecule is C/C(=N\NC(=O)Cn1nnc(-c2ccccc2)n1)c1cccc(OC(F)F)c1. The molecule has 0 saturated heterocycles. The first kappa shape index (κ1) is 19.1. The van der Waals surface area contributed by atoms with E-state index in [-0.39, 0.29) is 12.3 Å². The van der Waals surface area contributed by atoms with Crippen LogP contribution in [-0.2, 0) is 11.3 Å². The van der Waals surface area contributed by atoms with Gasteiger partial charge in [0, 0.05) is 11.1 Å². The van der Waals surface area contributed by atoms with Crippen LogP contribution in [-0.4, -0.2) is 38.4 Å². The molecule has 1 amide bonds. The number of hydrogen-bond acceptors (Lipinski definition) is 6. The number of carbonyl (C=O) groups is 1. The Labute approximate surface area is 158 Å². The van der Waals surface area contributed by atoms with E-state index in [0.29, 0.717) is 17.1 Å². The molecule has 0 atom stereocenters. The summed E-state index contributed by atoms with van der Waals surface area (Å²) in [6, 6.07) is 15.3. The molecule has 1 heterocycles. The molecule has 10 heteroatoms. The number of ether oxygens (including phenoxy) is 1. The van der Waals surface area contributed by atoms with Crippen LogP contribution in [0.5, 0.6) is 5.75 Å². The molecular formula is C18H16F2N6O2. The van der Waals surface area contributed by atoms with Gasteiger partial charge in [-0.2, -0.15) is 18.7 Å². The first-order valence-electron chi connectivity index (χ1n) is 8.23. The van der Waals surface area contributed by atoms with Gasteiger partial charge in [-0.05, 0) is 24.3 Å². The van der Waals surface area contributed by atoms with Gasteiger partial charge in [-0.3, -0.25) is 4.79 Å². The summed E-state index contributed by atoms with van der Waals surface area (Å²) in [6.07, 6.45) is 0. The van der Waals surface area contributed by atoms with Crippen molar-refractivity contribution in [2.75, 3.05) is 0 Å². The summed E-state index contributed by atoms with van der Waals surface area (Å²) in [4.78, 5) is 13.2. The van der Waals surface area contributed by atoms with Crippen molar-refractivity contribution in [3.05, 3.63) is 60.2 Å². The number of carbonyl (C=O) groups excluding carboxylic acids is 1. The number of amides is 1. The maximum Gasteiger partial charge on any atom is 0.387 e. The fraction of sp³-hybridized carbons (Fsp3) is 0.167. The van der Waals surface area contributed by atoms with E-state index < -0.39 is 12.5 Å². The zero-order valence-electron chi connectivity index (χ0n) is 14.8. The molecule has 28 heavy (non-hydrogen) atoms. The standard InChI is InChI=1S/C18H16F2N6O2/c1-12(14-8-5-9-15(10-14)28-18(19)20)21-22-16(27)11-26-24-17(23-25-26)13-6-3-2-4-7-13/h2-10,18H,11H2,1H3,(H,22,27)/b21-12+. The van der Waals surface area contributed by atoms with Crippen LogP contribution in [0, 0.1) is 0 Å². The second-order valence-corrected chi connectivity index (χ2v) is 5.65. The monoisotopic (exact) mass is 386 g/mol. The predicted octanol–water partition coefficient (Wildman–Crippen LogP) is 2.48. The molecular weight excluding hydrogens is 370 g/mol. The summed E-state index contributed by atoms with van der Waals surface area (Å²) in [6.45, 7) is -1.46. The van der Waals surface area contributed by atoms with Crippen LogP contribution in [0.2, 0.25) is 0 Å². The first-order chi connectivity index (χ1) is 13.5. The number of alkyl halides is 2. The van der Waals surface area contributed by atoms with E-state index in [4.69, 9.17) is 0 Å². The molecule has 0 aliphatic carbocycles. The first-order valence-corrected chi connectivity index (χ1v) is 8.23. The van der Waals surface area contributed by atoms with Gasteiger partial charge in [0.2, 0.25) is 5.82 Å². The van der Waals surface area contributed by atoms with Crippen molar-refractivity contribution in [2.24, 2.45) is 5.10 Å². The number of rotatable bonds is 7. The number of halogens is 2. The molecule has 0 radical (unpaired) electrons. The molecule has 3 aromatic rings. The normalized spacial score (nSPS) is 11.5. The number of nitrogens with one attached hydrogen (secondary N) is 1. The zero-order valence-corrected chi connectivity index (χ0v) is 14.8. The number of benzene rings is 2. The minimum absolute atomic E-state index is 0.00799. The van der Waals surface area contributed by atoms with Crippen molar-refractivity contribution in [1.82, 2.24) is 25.6 Å². The Morgan fingerprint density at radius 2 is 2.00 bits per heavy atom. The summed E-state index contributed by atoms with van der Waals surface area (Å²) >= 11 is 0. The second-order valence-electron chi connectivity index (χ2n) is 5.65. The molecule has 1 aromatic heterocycles. The highest BCUT2D eigenvalue weighted by Crippen LogP contribution is 2.16. The van der Waals surface area contributed by atoms with E-state index in [9.17, 15) is 13.6 Å². The third-order valence-electron chi connectivity index (χ3n) is 3.60. The van der Waals surface area contributed by atoms with Gasteiger partial charge in [0.1, 0.15) is 12.3 Å². The Balaban J connectivity index is 1.60. The van der Waals surface area contributed by atoms with E-state index in [0.717, 1.165) is 10.4 Å². The van der Waals surface area contributed by atoms with Crippen LogP contribution in [0.3, 0.4) is 0 Å². The highest BCUT2D eigenvalue weighted by atomic mass is 19.3. The van der Waals surface area contributed by atoms with Gasteiger partial charge in [-0.15, -0.1) is 10.2 Å². The summed E-state index contributed by atoms with van der Waals surface area (Å²) < 4.78 is 28.9. The van der Waals surface area contributed by atoms with Crippen LogP contribution >= 0.6 is 0 Å². The molecule has 0 unspecified atom stereocenters. The van der Waals surface area contributed by atoms with Crippen molar-refractivity contribution < 1.29 is 18.3 Å². The average Bonchev–Trinajstić information content (AvgIpc) is 3.15. The summed E-state index contributed by atoms with van der Waals surface area (Å²) in [5, 5.41) is 15.8. The lowest BCUT2D eigenvalue weighted by molar-refractivity contribution is -0.122. The highest BCUT2D eigenvalue weighted by Gasteiger charge is 2.10. The maximum absolute atomic E-state index is 12.3. The molecule has 1 N–H and O–H groups in total. The van der Waals surface area contributed by atoms with Crippen LogP contribution in [0.4, 0.5) is 8.78 Å². The molecule has 0 bridgehead atoms. The third-order valence-corrected chi connectivity index (χ3v) is 3.60. The van der Waals surface area contributed by atoms with E-state index in [1.54, 1.807) is 19.1 Å². The number of hydrogen-bond donors (Lipinski definition) is 1. The number of nitrogens with zero attached hydrogens (tertiary/aromatic N) is 5. The van der Waals surface area contributed by atoms with Crippen molar-refractivity contribution in [2.45, 2.75) is 20.1 Å². The van der Waals surface area contributed by atoms with E-state index in [2.05, 4.69) is 30.7 Å². The molecule has 0 saturated carbocycles. The van der Waals surface area contributed by atoms with Gasteiger partial charge in [-0.1, -0.05) is 42.5 Å². The Bertz CT molecular complexity index is 975. The smallest absolute Gasteiger partial charge is 0.387 e. The van der Waals surface area contributed by atoms with E-state index in [1.165, 1.54) is 12.1 Å². The van der Waals surface area contributed by atoms with Crippen molar-refractivity contribution in [3.8, 4) is 17.1 Å². The van der Waals surface area contributed by atoms with Crippen LogP contribution < -0.4 is 10.2 Å². The topological polar surface area (TPSA) is 94.3 Å². The van der Waals surface area contributed by atoms with Crippen molar-refractivity contribution in [3.63, 3.8) is 0 Å². The predicted molar refractivity (Wildman–Crippen MR) is 96.7 cm³/mol. The zero-order chi connectivity index (χ0) is 19.9. The van der Waals surface area contributed by atoms with Crippen LogP contribution in [0.25, 0.3) is 11.4 Å². The summed E-state index contributed by atoms with van der Waals surface area (Å²) in [5.74, 6) is -0.0473. The minimum atomic E-state index is -2.91. The molecule has 0 spiro atoms. The average molecular weight is 386 g/mol. The Morgan fingerprint density at radius 1 is 1.21 bits per heavy atom. The molecule has 144 valence electrons. The van der Waals surface area contributed by atoms with Gasteiger partial charge in [0.25, 0.3) is 5.91 Å². The molecule has 2 aromatic carbocycles. The molecule has 0 fully saturated rings. The molecule has 8 nitrogen and oxygen atoms in total. The highest BCUT2D eigenvalue weighted by molar-refractivity contribution is 5.99. The quantitative estimate of drug-likeness (QED) is 0.497. The van der Waals surface area contributed by atoms with E-state index >= 15 is 0 Å². The Hall–Kier alpha value is -3.69. The molecule has 3 rings (SSSR count). The van der Waals surface area contributed by atoms with Gasteiger partial charge in [0.15, 0.2) is 0 Å². The van der Waals surface area contributed by atoms with Gasteiger partial charge >= 0.3 is 6.61 Å². The molecule has 0 aliphatic rings. The number of hydrazone groups is 1. The summed E-state index contributed by atoms with van der Waals surface area (Å²) in [7, 11) is 0. The fourth-order valence-corrected chi connectivity index (χ4v) is 2.28.